The summed E-state index contributed by atoms with van der Waals surface area (Å²) in [6.07, 6.45) is 1.21. The summed E-state index contributed by atoms with van der Waals surface area (Å²) in [5, 5.41) is 2.86. The van der Waals surface area contributed by atoms with Crippen molar-refractivity contribution in [2.75, 3.05) is 0 Å². The Morgan fingerprint density at radius 1 is 1.10 bits per heavy atom. The lowest BCUT2D eigenvalue weighted by Gasteiger charge is -2.17. The number of rotatable bonds is 7. The summed E-state index contributed by atoms with van der Waals surface area (Å²) in [4.78, 5) is 29.3. The largest absolute Gasteiger partial charge is 0.292 e. The quantitative estimate of drug-likeness (QED) is 0.519. The van der Waals surface area contributed by atoms with Crippen molar-refractivity contribution >= 4 is 5.69 Å². The summed E-state index contributed by atoms with van der Waals surface area (Å²) in [7, 11) is 0. The van der Waals surface area contributed by atoms with E-state index in [0.717, 1.165) is 5.56 Å². The van der Waals surface area contributed by atoms with Crippen molar-refractivity contribution in [2.45, 2.75) is 40.2 Å². The van der Waals surface area contributed by atoms with E-state index < -0.39 is 5.82 Å². The predicted molar refractivity (Wildman–Crippen MR) is 113 cm³/mol. The van der Waals surface area contributed by atoms with Crippen LogP contribution in [0.1, 0.15) is 30.7 Å². The molecule has 6 heteroatoms. The van der Waals surface area contributed by atoms with Gasteiger partial charge in [0.05, 0.1) is 0 Å². The summed E-state index contributed by atoms with van der Waals surface area (Å²) in [6, 6.07) is 14.0. The standard InChI is InChI=1S/C23H24FN3O2/c1-15(2)14-19-16(3)25-22(18-10-7-11-20(24)21(18)26-29)27(23(19)28)13-12-17-8-5-4-6-9-17/h4-11,15H,12-14H2,1-3H3. The Morgan fingerprint density at radius 3 is 2.48 bits per heavy atom. The molecule has 0 aliphatic carbocycles. The third-order valence-corrected chi connectivity index (χ3v) is 4.87. The predicted octanol–water partition coefficient (Wildman–Crippen LogP) is 5.20. The number of hydrogen-bond donors (Lipinski definition) is 0. The fraction of sp³-hybridized carbons (Fsp3) is 0.304. The lowest BCUT2D eigenvalue weighted by atomic mass is 10.0. The van der Waals surface area contributed by atoms with E-state index in [1.807, 2.05) is 44.2 Å². The monoisotopic (exact) mass is 393 g/mol. The summed E-state index contributed by atoms with van der Waals surface area (Å²) in [5.41, 5.74) is 2.06. The van der Waals surface area contributed by atoms with Crippen LogP contribution in [0.4, 0.5) is 10.1 Å². The van der Waals surface area contributed by atoms with E-state index in [-0.39, 0.29) is 28.6 Å². The highest BCUT2D eigenvalue weighted by Gasteiger charge is 2.20. The van der Waals surface area contributed by atoms with Crippen molar-refractivity contribution in [3.05, 3.63) is 86.4 Å². The van der Waals surface area contributed by atoms with E-state index in [2.05, 4.69) is 10.2 Å². The Labute approximate surface area is 169 Å². The molecule has 1 aromatic heterocycles. The van der Waals surface area contributed by atoms with Gasteiger partial charge >= 0.3 is 0 Å². The molecule has 1 heterocycles. The third-order valence-electron chi connectivity index (χ3n) is 4.87. The zero-order valence-electron chi connectivity index (χ0n) is 16.9. The molecule has 0 bridgehead atoms. The lowest BCUT2D eigenvalue weighted by Crippen LogP contribution is -2.29. The Hall–Kier alpha value is -3.15. The number of hydrogen-bond acceptors (Lipinski definition) is 4. The molecule has 0 radical (unpaired) electrons. The van der Waals surface area contributed by atoms with E-state index in [1.165, 1.54) is 12.1 Å². The van der Waals surface area contributed by atoms with E-state index >= 15 is 0 Å². The molecule has 150 valence electrons. The van der Waals surface area contributed by atoms with Gasteiger partial charge in [-0.05, 0) is 48.6 Å². The Kier molecular flexibility index (Phi) is 6.32. The smallest absolute Gasteiger partial charge is 0.257 e. The van der Waals surface area contributed by atoms with Gasteiger partial charge in [0.15, 0.2) is 11.5 Å². The SMILES string of the molecule is Cc1nc(-c2cccc(F)c2N=O)n(CCc2ccccc2)c(=O)c1CC(C)C. The van der Waals surface area contributed by atoms with Crippen molar-refractivity contribution in [3.63, 3.8) is 0 Å². The summed E-state index contributed by atoms with van der Waals surface area (Å²) in [6.45, 7) is 6.23. The van der Waals surface area contributed by atoms with Crippen LogP contribution in [0.15, 0.2) is 58.5 Å². The molecule has 2 aromatic carbocycles. The van der Waals surface area contributed by atoms with Crippen molar-refractivity contribution < 1.29 is 4.39 Å². The molecule has 3 rings (SSSR count). The highest BCUT2D eigenvalue weighted by atomic mass is 19.1. The molecule has 29 heavy (non-hydrogen) atoms. The van der Waals surface area contributed by atoms with E-state index in [9.17, 15) is 14.1 Å². The first-order valence-corrected chi connectivity index (χ1v) is 9.68. The fourth-order valence-electron chi connectivity index (χ4n) is 3.43. The molecule has 3 aromatic rings. The number of benzene rings is 2. The van der Waals surface area contributed by atoms with Crippen LogP contribution in [0.5, 0.6) is 0 Å². The molecule has 0 saturated carbocycles. The second kappa shape index (κ2) is 8.90. The molecule has 0 fully saturated rings. The van der Waals surface area contributed by atoms with Gasteiger partial charge in [-0.1, -0.05) is 50.2 Å². The van der Waals surface area contributed by atoms with Gasteiger partial charge in [-0.2, -0.15) is 0 Å². The summed E-state index contributed by atoms with van der Waals surface area (Å²) in [5.74, 6) is -0.173. The van der Waals surface area contributed by atoms with Crippen LogP contribution < -0.4 is 5.56 Å². The van der Waals surface area contributed by atoms with Gasteiger partial charge in [0.1, 0.15) is 5.82 Å². The molecule has 0 unspecified atom stereocenters. The third kappa shape index (κ3) is 4.47. The second-order valence-corrected chi connectivity index (χ2v) is 7.52. The number of nitroso groups, excluding NO2 is 1. The van der Waals surface area contributed by atoms with Crippen molar-refractivity contribution in [1.29, 1.82) is 0 Å². The van der Waals surface area contributed by atoms with Crippen molar-refractivity contribution in [3.8, 4) is 11.4 Å². The Morgan fingerprint density at radius 2 is 1.83 bits per heavy atom. The van der Waals surface area contributed by atoms with Crippen LogP contribution >= 0.6 is 0 Å². The van der Waals surface area contributed by atoms with Gasteiger partial charge in [0, 0.05) is 23.4 Å². The normalized spacial score (nSPS) is 11.1. The Bertz CT molecular complexity index is 1080. The van der Waals surface area contributed by atoms with Crippen LogP contribution in [-0.4, -0.2) is 9.55 Å². The summed E-state index contributed by atoms with van der Waals surface area (Å²) < 4.78 is 15.7. The molecule has 0 aliphatic heterocycles. The number of nitrogens with zero attached hydrogens (tertiary/aromatic N) is 3. The number of aromatic nitrogens is 2. The van der Waals surface area contributed by atoms with Gasteiger partial charge < -0.3 is 0 Å². The topological polar surface area (TPSA) is 64.3 Å². The van der Waals surface area contributed by atoms with E-state index in [1.54, 1.807) is 17.6 Å². The first kappa shape index (κ1) is 20.6. The zero-order chi connectivity index (χ0) is 21.0. The van der Waals surface area contributed by atoms with E-state index in [4.69, 9.17) is 0 Å². The zero-order valence-corrected chi connectivity index (χ0v) is 16.9. The summed E-state index contributed by atoms with van der Waals surface area (Å²) >= 11 is 0. The van der Waals surface area contributed by atoms with Crippen LogP contribution in [-0.2, 0) is 19.4 Å². The lowest BCUT2D eigenvalue weighted by molar-refractivity contribution is 0.604. The minimum atomic E-state index is -0.731. The molecule has 0 N–H and O–H groups in total. The first-order valence-electron chi connectivity index (χ1n) is 9.68. The average Bonchev–Trinajstić information content (AvgIpc) is 2.70. The van der Waals surface area contributed by atoms with Crippen LogP contribution in [0.3, 0.4) is 0 Å². The molecular formula is C23H24FN3O2. The molecule has 0 saturated heterocycles. The van der Waals surface area contributed by atoms with E-state index in [0.29, 0.717) is 30.6 Å². The maximum absolute atomic E-state index is 14.2. The van der Waals surface area contributed by atoms with Gasteiger partial charge in [-0.25, -0.2) is 9.37 Å². The first-order chi connectivity index (χ1) is 13.9. The second-order valence-electron chi connectivity index (χ2n) is 7.52. The number of halogens is 1. The molecule has 0 aliphatic rings. The molecule has 5 nitrogen and oxygen atoms in total. The van der Waals surface area contributed by atoms with Gasteiger partial charge in [-0.3, -0.25) is 9.36 Å². The number of aryl methyl sites for hydroxylation is 2. The average molecular weight is 393 g/mol. The Balaban J connectivity index is 2.18. The molecule has 0 atom stereocenters. The van der Waals surface area contributed by atoms with Crippen LogP contribution in [0.25, 0.3) is 11.4 Å². The minimum Gasteiger partial charge on any atom is -0.292 e. The maximum atomic E-state index is 14.2. The molecule has 0 spiro atoms. The minimum absolute atomic E-state index is 0.154. The van der Waals surface area contributed by atoms with Crippen molar-refractivity contribution in [2.24, 2.45) is 11.1 Å². The highest BCUT2D eigenvalue weighted by molar-refractivity contribution is 5.71. The van der Waals surface area contributed by atoms with Gasteiger partial charge in [0.25, 0.3) is 5.56 Å². The highest BCUT2D eigenvalue weighted by Crippen LogP contribution is 2.31. The van der Waals surface area contributed by atoms with Gasteiger partial charge in [0.2, 0.25) is 0 Å². The molecular weight excluding hydrogens is 369 g/mol. The maximum Gasteiger partial charge on any atom is 0.257 e. The van der Waals surface area contributed by atoms with Gasteiger partial charge in [-0.15, -0.1) is 4.91 Å². The van der Waals surface area contributed by atoms with Crippen LogP contribution in [0.2, 0.25) is 0 Å². The fourth-order valence-corrected chi connectivity index (χ4v) is 3.43. The van der Waals surface area contributed by atoms with Crippen LogP contribution in [0, 0.1) is 23.6 Å². The van der Waals surface area contributed by atoms with Crippen molar-refractivity contribution in [1.82, 2.24) is 9.55 Å². The molecule has 0 amide bonds.